The molecule has 1 saturated carbocycles. The molecule has 4 rings (SSSR count). The Balaban J connectivity index is 1.73. The molecule has 144 valence electrons. The average Bonchev–Trinajstić information content (AvgIpc) is 2.64. The van der Waals surface area contributed by atoms with Crippen molar-refractivity contribution in [2.45, 2.75) is 24.7 Å². The van der Waals surface area contributed by atoms with Crippen molar-refractivity contribution in [2.75, 3.05) is 5.32 Å². The monoisotopic (exact) mass is 398 g/mol. The normalized spacial score (nSPS) is 15.2. The molecule has 2 aromatic heterocycles. The Kier molecular flexibility index (Phi) is 4.34. The number of hydrogen-bond acceptors (Lipinski definition) is 4. The first-order valence-electron chi connectivity index (χ1n) is 8.97. The van der Waals surface area contributed by atoms with Crippen molar-refractivity contribution in [1.29, 1.82) is 0 Å². The summed E-state index contributed by atoms with van der Waals surface area (Å²) in [5, 5.41) is 3.76. The van der Waals surface area contributed by atoms with Crippen LogP contribution in [0.3, 0.4) is 0 Å². The van der Waals surface area contributed by atoms with Gasteiger partial charge in [-0.15, -0.1) is 0 Å². The highest BCUT2D eigenvalue weighted by molar-refractivity contribution is 6.30. The molecule has 1 amide bonds. The number of anilines is 1. The van der Waals surface area contributed by atoms with E-state index in [-0.39, 0.29) is 16.9 Å². The van der Waals surface area contributed by atoms with Crippen LogP contribution >= 0.6 is 11.6 Å². The predicted octanol–water partition coefficient (Wildman–Crippen LogP) is 2.35. The number of aryl methyl sites for hydroxylation is 1. The number of pyridine rings is 1. The molecule has 2 heterocycles. The second-order valence-corrected chi connectivity index (χ2v) is 7.64. The topological polar surface area (TPSA) is 86.0 Å². The second kappa shape index (κ2) is 6.60. The molecule has 1 aliphatic carbocycles. The number of nitrogens with zero attached hydrogens (tertiary/aromatic N) is 3. The summed E-state index contributed by atoms with van der Waals surface area (Å²) < 4.78 is 2.33. The first-order valence-corrected chi connectivity index (χ1v) is 9.34. The van der Waals surface area contributed by atoms with Gasteiger partial charge in [-0.25, -0.2) is 9.78 Å². The van der Waals surface area contributed by atoms with Crippen LogP contribution in [0.2, 0.25) is 5.02 Å². The van der Waals surface area contributed by atoms with Crippen LogP contribution < -0.4 is 16.6 Å². The fourth-order valence-corrected chi connectivity index (χ4v) is 3.94. The van der Waals surface area contributed by atoms with Gasteiger partial charge in [0.2, 0.25) is 5.91 Å². The highest BCUT2D eigenvalue weighted by atomic mass is 35.5. The number of carbonyl (C=O) groups is 1. The number of nitrogens with one attached hydrogen (secondary N) is 1. The van der Waals surface area contributed by atoms with Gasteiger partial charge in [-0.3, -0.25) is 18.7 Å². The van der Waals surface area contributed by atoms with Crippen LogP contribution in [0.25, 0.3) is 11.0 Å². The molecule has 0 spiro atoms. The van der Waals surface area contributed by atoms with Crippen molar-refractivity contribution in [3.05, 3.63) is 68.0 Å². The number of benzene rings is 1. The molecule has 8 heteroatoms. The van der Waals surface area contributed by atoms with Crippen LogP contribution in [0, 0.1) is 0 Å². The molecule has 1 N–H and O–H groups in total. The fourth-order valence-electron chi connectivity index (χ4n) is 3.75. The lowest BCUT2D eigenvalue weighted by molar-refractivity contribution is -0.124. The van der Waals surface area contributed by atoms with Crippen LogP contribution in [0.4, 0.5) is 5.69 Å². The van der Waals surface area contributed by atoms with E-state index in [0.29, 0.717) is 10.7 Å². The van der Waals surface area contributed by atoms with E-state index < -0.39 is 16.7 Å². The lowest BCUT2D eigenvalue weighted by Gasteiger charge is -2.40. The number of fused-ring (bicyclic) bond motifs is 1. The zero-order chi connectivity index (χ0) is 20.1. The Labute approximate surface area is 165 Å². The van der Waals surface area contributed by atoms with Crippen LogP contribution in [-0.4, -0.2) is 20.0 Å². The van der Waals surface area contributed by atoms with E-state index >= 15 is 0 Å². The molecule has 1 aromatic carbocycles. The molecular formula is C20H19ClN4O3. The minimum Gasteiger partial charge on any atom is -0.324 e. The van der Waals surface area contributed by atoms with Gasteiger partial charge in [0.1, 0.15) is 5.65 Å². The molecule has 3 aromatic rings. The highest BCUT2D eigenvalue weighted by Crippen LogP contribution is 2.45. The van der Waals surface area contributed by atoms with Gasteiger partial charge in [0, 0.05) is 19.1 Å². The Bertz CT molecular complexity index is 1220. The molecule has 0 bridgehead atoms. The van der Waals surface area contributed by atoms with Crippen LogP contribution in [-0.2, 0) is 24.3 Å². The molecule has 7 nitrogen and oxygen atoms in total. The molecule has 0 atom stereocenters. The van der Waals surface area contributed by atoms with Crippen molar-refractivity contribution < 1.29 is 4.79 Å². The van der Waals surface area contributed by atoms with E-state index in [9.17, 15) is 14.4 Å². The molecule has 0 saturated heterocycles. The minimum atomic E-state index is -0.631. The van der Waals surface area contributed by atoms with Gasteiger partial charge < -0.3 is 5.32 Å². The molecule has 1 fully saturated rings. The maximum Gasteiger partial charge on any atom is 0.332 e. The summed E-state index contributed by atoms with van der Waals surface area (Å²) in [6.45, 7) is 0. The summed E-state index contributed by atoms with van der Waals surface area (Å²) in [7, 11) is 2.97. The molecule has 0 radical (unpaired) electrons. The smallest absolute Gasteiger partial charge is 0.324 e. The predicted molar refractivity (Wildman–Crippen MR) is 108 cm³/mol. The van der Waals surface area contributed by atoms with E-state index in [4.69, 9.17) is 11.6 Å². The zero-order valence-electron chi connectivity index (χ0n) is 15.5. The average molecular weight is 399 g/mol. The molecule has 1 aliphatic rings. The summed E-state index contributed by atoms with van der Waals surface area (Å²) in [5.74, 6) is -0.149. The fraction of sp³-hybridized carbons (Fsp3) is 0.300. The van der Waals surface area contributed by atoms with Gasteiger partial charge in [-0.1, -0.05) is 30.2 Å². The molecular weight excluding hydrogens is 380 g/mol. The van der Waals surface area contributed by atoms with E-state index in [1.807, 2.05) is 18.2 Å². The summed E-state index contributed by atoms with van der Waals surface area (Å²) in [4.78, 5) is 41.8. The Morgan fingerprint density at radius 3 is 2.57 bits per heavy atom. The quantitative estimate of drug-likeness (QED) is 0.733. The largest absolute Gasteiger partial charge is 0.332 e. The number of carbonyl (C=O) groups excluding carboxylic acids is 1. The highest BCUT2D eigenvalue weighted by Gasteiger charge is 2.45. The van der Waals surface area contributed by atoms with Crippen molar-refractivity contribution in [2.24, 2.45) is 14.1 Å². The lowest BCUT2D eigenvalue weighted by Crippen LogP contribution is -2.46. The SMILES string of the molecule is Cn1c(=O)c2cc(NC(=O)C3(c4cccc(Cl)c4)CCC3)cnc2n(C)c1=O. The maximum absolute atomic E-state index is 13.1. The van der Waals surface area contributed by atoms with Gasteiger partial charge in [0.25, 0.3) is 5.56 Å². The van der Waals surface area contributed by atoms with Crippen LogP contribution in [0.1, 0.15) is 24.8 Å². The number of halogens is 1. The van der Waals surface area contributed by atoms with E-state index in [1.54, 1.807) is 19.2 Å². The third-order valence-electron chi connectivity index (χ3n) is 5.57. The third kappa shape index (κ3) is 2.74. The number of amides is 1. The molecule has 28 heavy (non-hydrogen) atoms. The standard InChI is InChI=1S/C20H19ClN4O3/c1-24-16-15(17(26)25(2)19(24)28)10-14(11-22-16)23-18(27)20(7-4-8-20)12-5-3-6-13(21)9-12/h3,5-6,9-11H,4,7-8H2,1-2H3,(H,23,27). The van der Waals surface area contributed by atoms with Gasteiger partial charge in [-0.2, -0.15) is 0 Å². The zero-order valence-corrected chi connectivity index (χ0v) is 16.3. The van der Waals surface area contributed by atoms with E-state index in [0.717, 1.165) is 29.4 Å². The first kappa shape index (κ1) is 18.4. The summed E-state index contributed by atoms with van der Waals surface area (Å²) in [6.07, 6.45) is 3.88. The van der Waals surface area contributed by atoms with Crippen molar-refractivity contribution >= 4 is 34.2 Å². The van der Waals surface area contributed by atoms with Crippen molar-refractivity contribution in [3.8, 4) is 0 Å². The van der Waals surface area contributed by atoms with Crippen LogP contribution in [0.15, 0.2) is 46.1 Å². The third-order valence-corrected chi connectivity index (χ3v) is 5.81. The maximum atomic E-state index is 13.1. The van der Waals surface area contributed by atoms with Gasteiger partial charge in [-0.05, 0) is 36.6 Å². The number of hydrogen-bond donors (Lipinski definition) is 1. The Morgan fingerprint density at radius 2 is 1.93 bits per heavy atom. The van der Waals surface area contributed by atoms with Gasteiger partial charge in [0.05, 0.1) is 22.7 Å². The summed E-state index contributed by atoms with van der Waals surface area (Å²) >= 11 is 6.12. The molecule has 0 unspecified atom stereocenters. The second-order valence-electron chi connectivity index (χ2n) is 7.20. The minimum absolute atomic E-state index is 0.149. The van der Waals surface area contributed by atoms with E-state index in [2.05, 4.69) is 10.3 Å². The first-order chi connectivity index (χ1) is 13.3. The number of rotatable bonds is 3. The van der Waals surface area contributed by atoms with Gasteiger partial charge in [0.15, 0.2) is 0 Å². The van der Waals surface area contributed by atoms with E-state index in [1.165, 1.54) is 17.8 Å². The summed E-state index contributed by atoms with van der Waals surface area (Å²) in [5.41, 5.74) is 0.0525. The van der Waals surface area contributed by atoms with Gasteiger partial charge >= 0.3 is 5.69 Å². The molecule has 0 aliphatic heterocycles. The summed E-state index contributed by atoms with van der Waals surface area (Å²) in [6, 6.07) is 8.92. The van der Waals surface area contributed by atoms with Crippen molar-refractivity contribution in [1.82, 2.24) is 14.1 Å². The lowest BCUT2D eigenvalue weighted by atomic mass is 9.64. The Hall–Kier alpha value is -2.93. The Morgan fingerprint density at radius 1 is 1.18 bits per heavy atom. The van der Waals surface area contributed by atoms with Crippen LogP contribution in [0.5, 0.6) is 0 Å². The van der Waals surface area contributed by atoms with Crippen molar-refractivity contribution in [3.63, 3.8) is 0 Å². The number of aromatic nitrogens is 3.